The Balaban J connectivity index is 2.67. The van der Waals surface area contributed by atoms with E-state index in [0.717, 1.165) is 10.1 Å². The highest BCUT2D eigenvalue weighted by atomic mass is 35.5. The van der Waals surface area contributed by atoms with Gasteiger partial charge in [0.15, 0.2) is 0 Å². The summed E-state index contributed by atoms with van der Waals surface area (Å²) in [6, 6.07) is 5.37. The molecule has 2 rings (SSSR count). The third-order valence-electron chi connectivity index (χ3n) is 2.96. The van der Waals surface area contributed by atoms with Gasteiger partial charge in [-0.05, 0) is 34.5 Å². The summed E-state index contributed by atoms with van der Waals surface area (Å²) in [6.07, 6.45) is 0. The first-order chi connectivity index (χ1) is 8.86. The molecule has 0 bridgehead atoms. The van der Waals surface area contributed by atoms with Crippen molar-refractivity contribution in [2.24, 2.45) is 5.73 Å². The van der Waals surface area contributed by atoms with Crippen LogP contribution >= 0.6 is 30.3 Å². The molecule has 2 unspecified atom stereocenters. The maximum Gasteiger partial charge on any atom is 0.234 e. The van der Waals surface area contributed by atoms with Crippen LogP contribution in [-0.2, 0) is 13.9 Å². The zero-order chi connectivity index (χ0) is 14.2. The van der Waals surface area contributed by atoms with Gasteiger partial charge < -0.3 is 10.3 Å². The Morgan fingerprint density at radius 3 is 2.79 bits per heavy atom. The number of halogens is 1. The number of hydrogen-bond donors (Lipinski definition) is 1. The summed E-state index contributed by atoms with van der Waals surface area (Å²) in [5, 5.41) is 3.13. The summed E-state index contributed by atoms with van der Waals surface area (Å²) >= 11 is 7.42. The SMILES string of the molecule is COP(C)(=O)C(C(N)=O)c1csc2ccc(Cl)cc12. The number of nitrogens with two attached hydrogens (primary N) is 1. The number of rotatable bonds is 4. The van der Waals surface area contributed by atoms with Crippen LogP contribution in [0.3, 0.4) is 0 Å². The predicted molar refractivity (Wildman–Crippen MR) is 79.3 cm³/mol. The van der Waals surface area contributed by atoms with Crippen molar-refractivity contribution >= 4 is 46.3 Å². The van der Waals surface area contributed by atoms with E-state index < -0.39 is 18.9 Å². The molecule has 0 fully saturated rings. The molecule has 7 heteroatoms. The summed E-state index contributed by atoms with van der Waals surface area (Å²) < 4.78 is 18.4. The van der Waals surface area contributed by atoms with Gasteiger partial charge in [0.25, 0.3) is 0 Å². The van der Waals surface area contributed by atoms with E-state index in [-0.39, 0.29) is 0 Å². The van der Waals surface area contributed by atoms with E-state index in [0.29, 0.717) is 10.6 Å². The number of thiophene rings is 1. The first-order valence-electron chi connectivity index (χ1n) is 5.45. The molecule has 2 atom stereocenters. The molecule has 102 valence electrons. The Labute approximate surface area is 120 Å². The van der Waals surface area contributed by atoms with Gasteiger partial charge >= 0.3 is 0 Å². The van der Waals surface area contributed by atoms with Gasteiger partial charge in [0.2, 0.25) is 13.3 Å². The van der Waals surface area contributed by atoms with Crippen molar-refractivity contribution in [3.63, 3.8) is 0 Å². The van der Waals surface area contributed by atoms with Crippen LogP contribution in [0.1, 0.15) is 11.2 Å². The molecule has 0 aliphatic heterocycles. The van der Waals surface area contributed by atoms with Crippen molar-refractivity contribution in [3.05, 3.63) is 34.2 Å². The number of primary amides is 1. The number of carbonyl (C=O) groups is 1. The lowest BCUT2D eigenvalue weighted by Gasteiger charge is -2.19. The van der Waals surface area contributed by atoms with Crippen molar-refractivity contribution in [1.82, 2.24) is 0 Å². The van der Waals surface area contributed by atoms with E-state index in [9.17, 15) is 9.36 Å². The molecular weight excluding hydrogens is 305 g/mol. The van der Waals surface area contributed by atoms with Gasteiger partial charge in [-0.2, -0.15) is 0 Å². The van der Waals surface area contributed by atoms with Crippen LogP contribution in [0, 0.1) is 0 Å². The molecule has 0 spiro atoms. The first-order valence-corrected chi connectivity index (χ1v) is 8.85. The van der Waals surface area contributed by atoms with Crippen LogP contribution in [0.2, 0.25) is 5.02 Å². The lowest BCUT2D eigenvalue weighted by atomic mass is 10.1. The quantitative estimate of drug-likeness (QED) is 0.875. The summed E-state index contributed by atoms with van der Waals surface area (Å²) in [6.45, 7) is 1.41. The lowest BCUT2D eigenvalue weighted by molar-refractivity contribution is -0.117. The molecule has 0 radical (unpaired) electrons. The minimum Gasteiger partial charge on any atom is -0.369 e. The number of fused-ring (bicyclic) bond motifs is 1. The Kier molecular flexibility index (Phi) is 4.02. The highest BCUT2D eigenvalue weighted by Gasteiger charge is 2.36. The second-order valence-electron chi connectivity index (χ2n) is 4.23. The van der Waals surface area contributed by atoms with Crippen molar-refractivity contribution < 1.29 is 13.9 Å². The van der Waals surface area contributed by atoms with Crippen molar-refractivity contribution in [1.29, 1.82) is 0 Å². The highest BCUT2D eigenvalue weighted by Crippen LogP contribution is 2.58. The Bertz CT molecular complexity index is 685. The fourth-order valence-electron chi connectivity index (χ4n) is 1.98. The first kappa shape index (κ1) is 14.5. The van der Waals surface area contributed by atoms with Gasteiger partial charge in [0, 0.05) is 23.5 Å². The van der Waals surface area contributed by atoms with Gasteiger partial charge in [-0.25, -0.2) is 0 Å². The van der Waals surface area contributed by atoms with Crippen LogP contribution < -0.4 is 5.73 Å². The van der Waals surface area contributed by atoms with Gasteiger partial charge in [-0.15, -0.1) is 11.3 Å². The van der Waals surface area contributed by atoms with Gasteiger partial charge in [0.1, 0.15) is 5.66 Å². The zero-order valence-corrected chi connectivity index (χ0v) is 12.9. The second-order valence-corrected chi connectivity index (χ2v) is 8.27. The minimum absolute atomic E-state index is 0.554. The lowest BCUT2D eigenvalue weighted by Crippen LogP contribution is -2.21. The molecular formula is C12H13ClNO3PS. The molecule has 0 aliphatic rings. The Morgan fingerprint density at radius 1 is 1.53 bits per heavy atom. The van der Waals surface area contributed by atoms with E-state index in [1.54, 1.807) is 17.5 Å². The second kappa shape index (κ2) is 5.25. The predicted octanol–water partition coefficient (Wildman–Crippen LogP) is 3.64. The van der Waals surface area contributed by atoms with Gasteiger partial charge in [0.05, 0.1) is 0 Å². The summed E-state index contributed by atoms with van der Waals surface area (Å²) in [7, 11) is -1.84. The van der Waals surface area contributed by atoms with E-state index in [2.05, 4.69) is 0 Å². The van der Waals surface area contributed by atoms with E-state index in [4.69, 9.17) is 21.9 Å². The van der Waals surface area contributed by atoms with E-state index in [1.165, 1.54) is 25.1 Å². The number of benzene rings is 1. The molecule has 1 aromatic heterocycles. The zero-order valence-electron chi connectivity index (χ0n) is 10.4. The standard InChI is InChI=1S/C12H13ClNO3PS/c1-17-18(2,16)11(12(14)15)9-6-19-10-4-3-7(13)5-8(9)10/h3-6,11H,1-2H3,(H2,14,15). The van der Waals surface area contributed by atoms with Gasteiger partial charge in [-0.3, -0.25) is 9.36 Å². The largest absolute Gasteiger partial charge is 0.369 e. The topological polar surface area (TPSA) is 69.4 Å². The molecule has 4 nitrogen and oxygen atoms in total. The van der Waals surface area contributed by atoms with Crippen molar-refractivity contribution in [2.75, 3.05) is 13.8 Å². The number of hydrogen-bond acceptors (Lipinski definition) is 4. The highest BCUT2D eigenvalue weighted by molar-refractivity contribution is 7.59. The molecule has 2 N–H and O–H groups in total. The smallest absolute Gasteiger partial charge is 0.234 e. The van der Waals surface area contributed by atoms with Crippen LogP contribution in [0.15, 0.2) is 23.6 Å². The summed E-state index contributed by atoms with van der Waals surface area (Å²) in [5.74, 6) is -0.660. The van der Waals surface area contributed by atoms with Crippen LogP contribution in [0.5, 0.6) is 0 Å². The maximum atomic E-state index is 12.4. The minimum atomic E-state index is -3.16. The monoisotopic (exact) mass is 317 g/mol. The number of amides is 1. The van der Waals surface area contributed by atoms with Crippen molar-refractivity contribution in [2.45, 2.75) is 5.66 Å². The van der Waals surface area contributed by atoms with E-state index in [1.807, 2.05) is 6.07 Å². The van der Waals surface area contributed by atoms with Gasteiger partial charge in [-0.1, -0.05) is 11.6 Å². The third kappa shape index (κ3) is 2.70. The van der Waals surface area contributed by atoms with Crippen LogP contribution in [0.25, 0.3) is 10.1 Å². The Morgan fingerprint density at radius 2 is 2.21 bits per heavy atom. The van der Waals surface area contributed by atoms with Crippen molar-refractivity contribution in [3.8, 4) is 0 Å². The molecule has 2 aromatic rings. The fraction of sp³-hybridized carbons (Fsp3) is 0.250. The fourth-order valence-corrected chi connectivity index (χ4v) is 4.61. The molecule has 1 heterocycles. The average Bonchev–Trinajstić information content (AvgIpc) is 2.72. The molecule has 1 aromatic carbocycles. The molecule has 0 saturated heterocycles. The molecule has 0 saturated carbocycles. The van der Waals surface area contributed by atoms with Crippen LogP contribution in [0.4, 0.5) is 0 Å². The Hall–Kier alpha value is -0.870. The summed E-state index contributed by atoms with van der Waals surface area (Å²) in [4.78, 5) is 11.7. The molecule has 1 amide bonds. The maximum absolute atomic E-state index is 12.4. The summed E-state index contributed by atoms with van der Waals surface area (Å²) in [5.41, 5.74) is 5.06. The van der Waals surface area contributed by atoms with Crippen LogP contribution in [-0.4, -0.2) is 19.7 Å². The van der Waals surface area contributed by atoms with E-state index >= 15 is 0 Å². The molecule has 0 aliphatic carbocycles. The molecule has 19 heavy (non-hydrogen) atoms. The third-order valence-corrected chi connectivity index (χ3v) is 6.37. The number of carbonyl (C=O) groups excluding carboxylic acids is 1. The average molecular weight is 318 g/mol. The normalized spacial score (nSPS) is 16.2.